The number of esters is 4. The third kappa shape index (κ3) is 17.3. The first-order valence-corrected chi connectivity index (χ1v) is 28.4. The molecule has 2 aliphatic heterocycles. The van der Waals surface area contributed by atoms with Gasteiger partial charge in [0.05, 0.1) is 43.2 Å². The van der Waals surface area contributed by atoms with E-state index in [2.05, 4.69) is 20.6 Å². The largest absolute Gasteiger partial charge is 0.494 e. The molecule has 21 heteroatoms. The Kier molecular flexibility index (Phi) is 22.2. The lowest BCUT2D eigenvalue weighted by Gasteiger charge is -2.31. The van der Waals surface area contributed by atoms with Crippen LogP contribution in [0.15, 0.2) is 126 Å². The minimum Gasteiger partial charge on any atom is -0.494 e. The number of carbonyl (C=O) groups is 8. The van der Waals surface area contributed by atoms with Gasteiger partial charge in [-0.3, -0.25) is 38.4 Å². The molecule has 0 saturated carbocycles. The van der Waals surface area contributed by atoms with E-state index in [1.807, 2.05) is 133 Å². The molecule has 0 spiro atoms. The summed E-state index contributed by atoms with van der Waals surface area (Å²) in [6.07, 6.45) is -2.45. The molecule has 6 aromatic rings. The number of amides is 4. The molecule has 2 saturated heterocycles. The van der Waals surface area contributed by atoms with Gasteiger partial charge in [0.2, 0.25) is 24.4 Å². The zero-order valence-corrected chi connectivity index (χ0v) is 47.4. The number of para-hydroxylation sites is 1. The van der Waals surface area contributed by atoms with Crippen molar-refractivity contribution in [2.45, 2.75) is 123 Å². The molecule has 2 N–H and O–H groups in total. The summed E-state index contributed by atoms with van der Waals surface area (Å²) in [5, 5.41) is 10.5. The van der Waals surface area contributed by atoms with E-state index in [-0.39, 0.29) is 25.2 Å². The van der Waals surface area contributed by atoms with Crippen LogP contribution in [0, 0.1) is 0 Å². The van der Waals surface area contributed by atoms with Gasteiger partial charge in [-0.1, -0.05) is 109 Å². The van der Waals surface area contributed by atoms with E-state index in [9.17, 15) is 38.4 Å². The minimum atomic E-state index is -1.67. The first-order valence-electron chi connectivity index (χ1n) is 26.6. The van der Waals surface area contributed by atoms with E-state index in [0.29, 0.717) is 49.0 Å². The van der Waals surface area contributed by atoms with Crippen molar-refractivity contribution in [1.29, 1.82) is 0 Å². The maximum Gasteiger partial charge on any atom is 0.303 e. The van der Waals surface area contributed by atoms with Gasteiger partial charge >= 0.3 is 23.9 Å². The van der Waals surface area contributed by atoms with Crippen molar-refractivity contribution < 1.29 is 62.0 Å². The van der Waals surface area contributed by atoms with Crippen LogP contribution in [-0.4, -0.2) is 111 Å². The normalized spacial score (nSPS) is 16.1. The Hall–Kier alpha value is -8.30. The topological polar surface area (TPSA) is 239 Å². The molecule has 8 rings (SSSR count). The number of nitrogens with zero attached hydrogens (tertiary/aromatic N) is 4. The maximum atomic E-state index is 13.8. The van der Waals surface area contributed by atoms with Gasteiger partial charge in [0, 0.05) is 69.9 Å². The highest BCUT2D eigenvalue weighted by atomic mass is 32.1. The number of hydrogen-bond acceptors (Lipinski definition) is 17. The summed E-state index contributed by atoms with van der Waals surface area (Å²) < 4.78 is 27.0. The predicted octanol–water partition coefficient (Wildman–Crippen LogP) is 7.55. The molecule has 2 unspecified atom stereocenters. The van der Waals surface area contributed by atoms with Gasteiger partial charge in [0.15, 0.2) is 0 Å². The summed E-state index contributed by atoms with van der Waals surface area (Å²) in [5.41, 5.74) is 5.65. The van der Waals surface area contributed by atoms with Crippen LogP contribution in [-0.2, 0) is 83.2 Å². The molecule has 2 aliphatic rings. The van der Waals surface area contributed by atoms with Gasteiger partial charge in [-0.05, 0) is 55.4 Å². The quantitative estimate of drug-likeness (QED) is 0.0493. The summed E-state index contributed by atoms with van der Waals surface area (Å²) in [7, 11) is 0. The number of nitrogens with one attached hydrogen (secondary N) is 2. The minimum absolute atomic E-state index is 0.0334. The highest BCUT2D eigenvalue weighted by molar-refractivity contribution is 7.09. The van der Waals surface area contributed by atoms with Gasteiger partial charge < -0.3 is 44.1 Å². The second-order valence-electron chi connectivity index (χ2n) is 19.1. The molecular formula is C60H66N6O13S2. The van der Waals surface area contributed by atoms with Gasteiger partial charge in [-0.15, -0.1) is 22.7 Å². The predicted molar refractivity (Wildman–Crippen MR) is 300 cm³/mol. The first-order chi connectivity index (χ1) is 39.1. The Balaban J connectivity index is 0.000000234. The second-order valence-corrected chi connectivity index (χ2v) is 21.0. The molecule has 0 aliphatic carbocycles. The molecule has 4 heterocycles. The summed E-state index contributed by atoms with van der Waals surface area (Å²) in [6.45, 7) is 7.96. The zero-order chi connectivity index (χ0) is 57.8. The van der Waals surface area contributed by atoms with Gasteiger partial charge in [0.25, 0.3) is 23.6 Å². The Bertz CT molecular complexity index is 3100. The maximum absolute atomic E-state index is 13.8. The number of likely N-dealkylation sites (tertiary alicyclic amines) is 2. The van der Waals surface area contributed by atoms with E-state index in [0.717, 1.165) is 86.3 Å². The zero-order valence-electron chi connectivity index (χ0n) is 45.8. The van der Waals surface area contributed by atoms with Gasteiger partial charge in [-0.25, -0.2) is 9.97 Å². The fraction of sp³-hybridized carbons (Fsp3) is 0.367. The molecule has 4 amide bonds. The molecule has 0 radical (unpaired) electrons. The van der Waals surface area contributed by atoms with Crippen molar-refractivity contribution in [3.63, 3.8) is 0 Å². The SMILES string of the molecule is CC(=O)O[C@@H](C(=O)NCc1nc(Cc2ccccc2)cs1)[C@@H](OC(C)=O)C(=O)N1CCCC1c1ccccc1.CCOc1ccccc1Cc1csc(CNC(=O)[C@H](OC(C)=O)[C@@H](OC(C)=O)C(=O)N2CCCC2c2ccccc2)n1. The molecular weight excluding hydrogens is 1080 g/mol. The van der Waals surface area contributed by atoms with E-state index >= 15 is 0 Å². The van der Waals surface area contributed by atoms with Crippen molar-refractivity contribution in [3.05, 3.63) is 170 Å². The Labute approximate surface area is 478 Å². The molecule has 81 heavy (non-hydrogen) atoms. The Morgan fingerprint density at radius 2 is 0.926 bits per heavy atom. The molecule has 2 aromatic heterocycles. The van der Waals surface area contributed by atoms with Crippen LogP contribution in [0.4, 0.5) is 0 Å². The number of hydrogen-bond donors (Lipinski definition) is 2. The molecule has 6 atom stereocenters. The number of aromatic nitrogens is 2. The highest BCUT2D eigenvalue weighted by Gasteiger charge is 2.46. The third-order valence-electron chi connectivity index (χ3n) is 13.1. The summed E-state index contributed by atoms with van der Waals surface area (Å²) in [4.78, 5) is 114. The van der Waals surface area contributed by atoms with E-state index in [1.54, 1.807) is 9.80 Å². The van der Waals surface area contributed by atoms with E-state index in [4.69, 9.17) is 23.7 Å². The van der Waals surface area contributed by atoms with Crippen molar-refractivity contribution >= 4 is 70.2 Å². The summed E-state index contributed by atoms with van der Waals surface area (Å²) in [6, 6.07) is 36.2. The number of carbonyl (C=O) groups excluding carboxylic acids is 8. The summed E-state index contributed by atoms with van der Waals surface area (Å²) >= 11 is 2.75. The molecule has 2 fully saturated rings. The van der Waals surface area contributed by atoms with E-state index < -0.39 is 71.9 Å². The number of rotatable bonds is 22. The van der Waals surface area contributed by atoms with Crippen molar-refractivity contribution in [1.82, 2.24) is 30.4 Å². The van der Waals surface area contributed by atoms with Gasteiger partial charge in [-0.2, -0.15) is 0 Å². The number of ether oxygens (including phenoxy) is 5. The monoisotopic (exact) mass is 1140 g/mol. The van der Waals surface area contributed by atoms with Crippen LogP contribution in [0.5, 0.6) is 5.75 Å². The average Bonchev–Trinajstić information content (AvgIpc) is 4.33. The first kappa shape index (κ1) is 60.3. The second kappa shape index (κ2) is 29.8. The molecule has 4 aromatic carbocycles. The van der Waals surface area contributed by atoms with Crippen LogP contribution in [0.3, 0.4) is 0 Å². The standard InChI is InChI=1S/C31H35N3O7S.C29H31N3O6S/c1-4-39-26-15-9-8-13-23(26)17-24-19-42-27(33-24)18-32-30(37)28(40-20(2)35)29(41-21(3)36)31(38)34-16-10-14-25(34)22-11-6-5-7-12-22;1-19(33)37-26(28(35)30-17-25-31-23(18-39-25)16-21-10-5-3-6-11-21)27(38-20(2)34)29(36)32-15-9-14-24(32)22-12-7-4-8-13-22/h5-9,11-13,15,19,25,28-29H,4,10,14,16-18H2,1-3H3,(H,32,37);3-8,10-13,18,24,26-27H,9,14-17H2,1-2H3,(H,30,35)/t25?,28-,29-;24?,26-,27-/m11/s1. The fourth-order valence-electron chi connectivity index (χ4n) is 9.63. The fourth-order valence-corrected chi connectivity index (χ4v) is 11.1. The average molecular weight is 1140 g/mol. The third-order valence-corrected chi connectivity index (χ3v) is 14.9. The van der Waals surface area contributed by atoms with Crippen LogP contribution in [0.2, 0.25) is 0 Å². The lowest BCUT2D eigenvalue weighted by molar-refractivity contribution is -0.178. The Morgan fingerprint density at radius 3 is 1.36 bits per heavy atom. The lowest BCUT2D eigenvalue weighted by atomic mass is 10.0. The van der Waals surface area contributed by atoms with Crippen LogP contribution >= 0.6 is 22.7 Å². The lowest BCUT2D eigenvalue weighted by Crippen LogP contribution is -2.53. The highest BCUT2D eigenvalue weighted by Crippen LogP contribution is 2.35. The summed E-state index contributed by atoms with van der Waals surface area (Å²) in [5.74, 6) is -5.00. The Morgan fingerprint density at radius 1 is 0.531 bits per heavy atom. The van der Waals surface area contributed by atoms with Gasteiger partial charge in [0.1, 0.15) is 15.8 Å². The molecule has 19 nitrogen and oxygen atoms in total. The van der Waals surface area contributed by atoms with Crippen LogP contribution in [0.1, 0.15) is 116 Å². The van der Waals surface area contributed by atoms with Crippen molar-refractivity contribution in [2.24, 2.45) is 0 Å². The molecule has 0 bridgehead atoms. The van der Waals surface area contributed by atoms with Crippen LogP contribution < -0.4 is 15.4 Å². The van der Waals surface area contributed by atoms with Crippen LogP contribution in [0.25, 0.3) is 0 Å². The number of thiazole rings is 2. The van der Waals surface area contributed by atoms with E-state index in [1.165, 1.54) is 22.7 Å². The number of benzene rings is 4. The molecule has 426 valence electrons. The smallest absolute Gasteiger partial charge is 0.303 e. The van der Waals surface area contributed by atoms with Crippen molar-refractivity contribution in [2.75, 3.05) is 19.7 Å². The van der Waals surface area contributed by atoms with Crippen molar-refractivity contribution in [3.8, 4) is 5.75 Å².